The van der Waals surface area contributed by atoms with Gasteiger partial charge in [-0.2, -0.15) is 0 Å². The van der Waals surface area contributed by atoms with Crippen molar-refractivity contribution in [2.75, 3.05) is 5.32 Å². The average molecular weight is 363 g/mol. The van der Waals surface area contributed by atoms with E-state index in [1.807, 2.05) is 48.8 Å². The molecule has 4 rings (SSSR count). The molecule has 1 atom stereocenters. The van der Waals surface area contributed by atoms with E-state index in [9.17, 15) is 0 Å². The van der Waals surface area contributed by atoms with Gasteiger partial charge < -0.3 is 9.84 Å². The molecular weight excluding hydrogens is 346 g/mol. The summed E-state index contributed by atoms with van der Waals surface area (Å²) >= 11 is 1.63. The van der Waals surface area contributed by atoms with Crippen molar-refractivity contribution in [3.63, 3.8) is 0 Å². The summed E-state index contributed by atoms with van der Waals surface area (Å²) in [5, 5.41) is 9.34. The minimum atomic E-state index is 0.0401. The Bertz CT molecular complexity index is 998. The highest BCUT2D eigenvalue weighted by atomic mass is 32.1. The van der Waals surface area contributed by atoms with Gasteiger partial charge in [0.05, 0.1) is 27.9 Å². The molecule has 0 spiro atoms. The monoisotopic (exact) mass is 363 g/mol. The predicted octanol–water partition coefficient (Wildman–Crippen LogP) is 4.74. The van der Waals surface area contributed by atoms with Crippen molar-refractivity contribution in [1.82, 2.24) is 20.1 Å². The van der Waals surface area contributed by atoms with Gasteiger partial charge in [-0.3, -0.25) is 4.98 Å². The average Bonchev–Trinajstić information content (AvgIpc) is 3.34. The van der Waals surface area contributed by atoms with Crippen molar-refractivity contribution in [3.05, 3.63) is 65.6 Å². The lowest BCUT2D eigenvalue weighted by Crippen LogP contribution is -2.10. The third-order valence-electron chi connectivity index (χ3n) is 3.97. The molecule has 4 heterocycles. The van der Waals surface area contributed by atoms with Gasteiger partial charge in [-0.05, 0) is 36.9 Å². The summed E-state index contributed by atoms with van der Waals surface area (Å²) in [6, 6.07) is 9.91. The van der Waals surface area contributed by atoms with Crippen LogP contribution in [0.1, 0.15) is 24.2 Å². The van der Waals surface area contributed by atoms with Crippen LogP contribution in [-0.4, -0.2) is 20.1 Å². The van der Waals surface area contributed by atoms with Crippen molar-refractivity contribution < 1.29 is 4.52 Å². The molecule has 0 unspecified atom stereocenters. The third kappa shape index (κ3) is 3.34. The van der Waals surface area contributed by atoms with Crippen LogP contribution in [0.2, 0.25) is 0 Å². The lowest BCUT2D eigenvalue weighted by molar-refractivity contribution is 0.427. The number of anilines is 1. The maximum absolute atomic E-state index is 5.43. The smallest absolute Gasteiger partial charge is 0.223 e. The van der Waals surface area contributed by atoms with E-state index in [2.05, 4.69) is 27.4 Å². The van der Waals surface area contributed by atoms with E-state index in [1.54, 1.807) is 23.7 Å². The number of hydrogen-bond acceptors (Lipinski definition) is 7. The summed E-state index contributed by atoms with van der Waals surface area (Å²) in [6.07, 6.45) is 5.37. The number of nitrogens with zero attached hydrogens (tertiary/aromatic N) is 4. The number of pyridine rings is 1. The van der Waals surface area contributed by atoms with Crippen LogP contribution in [0.15, 0.2) is 58.8 Å². The zero-order chi connectivity index (χ0) is 17.9. The minimum Gasteiger partial charge on any atom is -0.356 e. The Labute approximate surface area is 155 Å². The van der Waals surface area contributed by atoms with E-state index >= 15 is 0 Å². The first-order valence-corrected chi connectivity index (χ1v) is 9.10. The van der Waals surface area contributed by atoms with Crippen molar-refractivity contribution in [2.45, 2.75) is 19.9 Å². The molecule has 4 aromatic rings. The molecule has 0 bridgehead atoms. The van der Waals surface area contributed by atoms with Gasteiger partial charge in [0.25, 0.3) is 0 Å². The van der Waals surface area contributed by atoms with E-state index < -0.39 is 0 Å². The lowest BCUT2D eigenvalue weighted by Gasteiger charge is -2.15. The summed E-state index contributed by atoms with van der Waals surface area (Å²) < 4.78 is 5.43. The largest absolute Gasteiger partial charge is 0.356 e. The first kappa shape index (κ1) is 16.4. The number of hydrogen-bond donors (Lipinski definition) is 1. The van der Waals surface area contributed by atoms with Crippen LogP contribution < -0.4 is 5.32 Å². The number of aryl methyl sites for hydroxylation is 1. The molecule has 0 fully saturated rings. The van der Waals surface area contributed by atoms with E-state index in [0.717, 1.165) is 27.4 Å². The van der Waals surface area contributed by atoms with Crippen LogP contribution in [0.5, 0.6) is 0 Å². The number of rotatable bonds is 5. The molecule has 26 heavy (non-hydrogen) atoms. The second kappa shape index (κ2) is 7.05. The quantitative estimate of drug-likeness (QED) is 0.552. The Morgan fingerprint density at radius 2 is 2.12 bits per heavy atom. The summed E-state index contributed by atoms with van der Waals surface area (Å²) in [6.45, 7) is 3.95. The van der Waals surface area contributed by atoms with Crippen molar-refractivity contribution in [3.8, 4) is 21.9 Å². The molecule has 1 N–H and O–H groups in total. The van der Waals surface area contributed by atoms with Gasteiger partial charge in [0.2, 0.25) is 5.95 Å². The Morgan fingerprint density at radius 3 is 2.81 bits per heavy atom. The molecule has 0 aliphatic rings. The molecule has 7 heteroatoms. The number of nitrogens with one attached hydrogen (secondary N) is 1. The highest BCUT2D eigenvalue weighted by molar-refractivity contribution is 7.13. The summed E-state index contributed by atoms with van der Waals surface area (Å²) in [7, 11) is 0. The molecule has 0 aliphatic heterocycles. The fraction of sp³-hybridized carbons (Fsp3) is 0.158. The Morgan fingerprint density at radius 1 is 1.19 bits per heavy atom. The van der Waals surface area contributed by atoms with Crippen molar-refractivity contribution >= 4 is 17.3 Å². The Balaban J connectivity index is 1.71. The van der Waals surface area contributed by atoms with Gasteiger partial charge in [-0.25, -0.2) is 9.97 Å². The highest BCUT2D eigenvalue weighted by Crippen LogP contribution is 2.34. The van der Waals surface area contributed by atoms with Crippen LogP contribution in [-0.2, 0) is 0 Å². The lowest BCUT2D eigenvalue weighted by atomic mass is 10.1. The highest BCUT2D eigenvalue weighted by Gasteiger charge is 2.17. The molecule has 0 saturated heterocycles. The first-order chi connectivity index (χ1) is 12.7. The zero-order valence-corrected chi connectivity index (χ0v) is 15.2. The van der Waals surface area contributed by atoms with E-state index in [0.29, 0.717) is 11.7 Å². The first-order valence-electron chi connectivity index (χ1n) is 8.22. The topological polar surface area (TPSA) is 76.7 Å². The van der Waals surface area contributed by atoms with E-state index in [-0.39, 0.29) is 6.04 Å². The second-order valence-electron chi connectivity index (χ2n) is 5.92. The van der Waals surface area contributed by atoms with Crippen LogP contribution in [0.4, 0.5) is 5.95 Å². The molecule has 4 aromatic heterocycles. The Kier molecular flexibility index (Phi) is 4.45. The Hall–Kier alpha value is -3.06. The SMILES string of the molecule is Cc1cc(-c2cnc(N[C@H](C)c3cccnc3)nc2-c2cccs2)on1. The molecule has 0 amide bonds. The normalized spacial score (nSPS) is 12.1. The maximum Gasteiger partial charge on any atom is 0.223 e. The maximum atomic E-state index is 5.43. The van der Waals surface area contributed by atoms with Crippen LogP contribution >= 0.6 is 11.3 Å². The van der Waals surface area contributed by atoms with Gasteiger partial charge in [-0.1, -0.05) is 17.3 Å². The minimum absolute atomic E-state index is 0.0401. The van der Waals surface area contributed by atoms with Crippen LogP contribution in [0, 0.1) is 6.92 Å². The van der Waals surface area contributed by atoms with E-state index in [1.165, 1.54) is 0 Å². The third-order valence-corrected chi connectivity index (χ3v) is 4.84. The van der Waals surface area contributed by atoms with E-state index in [4.69, 9.17) is 9.51 Å². The molecule has 130 valence electrons. The summed E-state index contributed by atoms with van der Waals surface area (Å²) in [4.78, 5) is 14.4. The molecular formula is C19H17N5OS. The van der Waals surface area contributed by atoms with Crippen LogP contribution in [0.3, 0.4) is 0 Å². The van der Waals surface area contributed by atoms with Gasteiger partial charge in [0, 0.05) is 24.7 Å². The molecule has 6 nitrogen and oxygen atoms in total. The van der Waals surface area contributed by atoms with Gasteiger partial charge in [-0.15, -0.1) is 11.3 Å². The number of aromatic nitrogens is 4. The van der Waals surface area contributed by atoms with Crippen molar-refractivity contribution in [1.29, 1.82) is 0 Å². The van der Waals surface area contributed by atoms with Crippen molar-refractivity contribution in [2.24, 2.45) is 0 Å². The fourth-order valence-electron chi connectivity index (χ4n) is 2.63. The standard InChI is InChI=1S/C19H17N5OS/c1-12-9-16(25-24-12)15-11-21-19(23-18(15)17-6-4-8-26-17)22-13(2)14-5-3-7-20-10-14/h3-11,13H,1-2H3,(H,21,22,23)/t13-/m1/s1. The zero-order valence-electron chi connectivity index (χ0n) is 14.4. The van der Waals surface area contributed by atoms with Gasteiger partial charge in [0.15, 0.2) is 5.76 Å². The summed E-state index contributed by atoms with van der Waals surface area (Å²) in [5.74, 6) is 1.22. The molecule has 0 saturated carbocycles. The number of thiophene rings is 1. The van der Waals surface area contributed by atoms with Gasteiger partial charge in [0.1, 0.15) is 0 Å². The second-order valence-corrected chi connectivity index (χ2v) is 6.87. The fourth-order valence-corrected chi connectivity index (χ4v) is 3.36. The van der Waals surface area contributed by atoms with Gasteiger partial charge >= 0.3 is 0 Å². The molecule has 0 aliphatic carbocycles. The molecule has 0 aromatic carbocycles. The summed E-state index contributed by atoms with van der Waals surface area (Å²) in [5.41, 5.74) is 3.55. The van der Waals surface area contributed by atoms with Crippen LogP contribution in [0.25, 0.3) is 21.9 Å². The predicted molar refractivity (Wildman–Crippen MR) is 102 cm³/mol. The molecule has 0 radical (unpaired) electrons.